The van der Waals surface area contributed by atoms with Crippen LogP contribution in [0.2, 0.25) is 0 Å². The summed E-state index contributed by atoms with van der Waals surface area (Å²) < 4.78 is 10.7. The van der Waals surface area contributed by atoms with E-state index in [0.29, 0.717) is 6.04 Å². The number of aliphatic carboxylic acids is 2. The fraction of sp³-hybridized carbons (Fsp3) is 0.333. The molecule has 0 radical (unpaired) electrons. The number of carboxylic acid groups (broad SMARTS) is 2. The molecule has 7 nitrogen and oxygen atoms in total. The van der Waals surface area contributed by atoms with Crippen molar-refractivity contribution >= 4 is 23.7 Å². The van der Waals surface area contributed by atoms with Gasteiger partial charge in [-0.1, -0.05) is 30.0 Å². The summed E-state index contributed by atoms with van der Waals surface area (Å²) in [5, 5.41) is 14.8. The molecule has 0 aliphatic heterocycles. The van der Waals surface area contributed by atoms with Crippen molar-refractivity contribution in [3.8, 4) is 11.5 Å². The van der Waals surface area contributed by atoms with Crippen molar-refractivity contribution in [2.75, 3.05) is 28.3 Å². The molecule has 158 valence electrons. The molecule has 0 aliphatic rings. The van der Waals surface area contributed by atoms with Crippen molar-refractivity contribution in [3.05, 3.63) is 48.0 Å². The van der Waals surface area contributed by atoms with Gasteiger partial charge in [0.05, 0.1) is 14.2 Å². The molecule has 0 aliphatic carbocycles. The van der Waals surface area contributed by atoms with Gasteiger partial charge in [-0.05, 0) is 57.3 Å². The van der Waals surface area contributed by atoms with Crippen LogP contribution >= 0.6 is 11.8 Å². The predicted molar refractivity (Wildman–Crippen MR) is 112 cm³/mol. The SMILES string of the molecule is COc1ccc(Sc2ccccc2CC(C)N(C)C)cc1OC.O=C(O)C(=O)O. The molecular weight excluding hydrogens is 394 g/mol. The molecule has 0 aromatic heterocycles. The van der Waals surface area contributed by atoms with E-state index in [1.807, 2.05) is 12.1 Å². The standard InChI is InChI=1S/C19H25NO2S.C2H2O4/c1-14(20(2)3)12-15-8-6-7-9-19(15)23-16-10-11-17(21-4)18(13-16)22-5;3-1(4)2(5)6/h6-11,13-14H,12H2,1-5H3;(H,3,4)(H,5,6). The number of rotatable bonds is 7. The summed E-state index contributed by atoms with van der Waals surface area (Å²) in [5.74, 6) is -2.13. The number of nitrogens with zero attached hydrogens (tertiary/aromatic N) is 1. The molecule has 0 saturated heterocycles. The molecule has 0 fully saturated rings. The molecule has 0 spiro atoms. The Morgan fingerprint density at radius 1 is 1.00 bits per heavy atom. The lowest BCUT2D eigenvalue weighted by atomic mass is 10.1. The second-order valence-electron chi connectivity index (χ2n) is 6.35. The largest absolute Gasteiger partial charge is 0.493 e. The molecular formula is C21H27NO6S. The van der Waals surface area contributed by atoms with Gasteiger partial charge in [-0.15, -0.1) is 0 Å². The smallest absolute Gasteiger partial charge is 0.414 e. The van der Waals surface area contributed by atoms with Crippen molar-refractivity contribution < 1.29 is 29.3 Å². The highest BCUT2D eigenvalue weighted by Crippen LogP contribution is 2.36. The van der Waals surface area contributed by atoms with E-state index in [1.165, 1.54) is 10.5 Å². The van der Waals surface area contributed by atoms with Gasteiger partial charge in [0.2, 0.25) is 0 Å². The maximum absolute atomic E-state index is 9.10. The highest BCUT2D eigenvalue weighted by Gasteiger charge is 2.11. The van der Waals surface area contributed by atoms with E-state index in [9.17, 15) is 0 Å². The average molecular weight is 422 g/mol. The maximum atomic E-state index is 9.10. The van der Waals surface area contributed by atoms with E-state index in [0.717, 1.165) is 22.8 Å². The molecule has 0 bridgehead atoms. The van der Waals surface area contributed by atoms with E-state index in [2.05, 4.69) is 56.3 Å². The first-order valence-corrected chi connectivity index (χ1v) is 9.61. The number of hydrogen-bond acceptors (Lipinski definition) is 6. The topological polar surface area (TPSA) is 96.3 Å². The Labute approximate surface area is 175 Å². The van der Waals surface area contributed by atoms with Crippen molar-refractivity contribution in [2.45, 2.75) is 29.2 Å². The second-order valence-corrected chi connectivity index (χ2v) is 7.47. The third-order valence-corrected chi connectivity index (χ3v) is 5.24. The van der Waals surface area contributed by atoms with Gasteiger partial charge in [0.15, 0.2) is 11.5 Å². The quantitative estimate of drug-likeness (QED) is 0.656. The minimum Gasteiger partial charge on any atom is -0.493 e. The third kappa shape index (κ3) is 8.05. The maximum Gasteiger partial charge on any atom is 0.414 e. The van der Waals surface area contributed by atoms with Crippen LogP contribution in [-0.4, -0.2) is 61.4 Å². The molecule has 1 atom stereocenters. The van der Waals surface area contributed by atoms with Crippen LogP contribution in [0.4, 0.5) is 0 Å². The van der Waals surface area contributed by atoms with Crippen LogP contribution in [0.1, 0.15) is 12.5 Å². The second kappa shape index (κ2) is 12.0. The van der Waals surface area contributed by atoms with E-state index >= 15 is 0 Å². The van der Waals surface area contributed by atoms with Crippen molar-refractivity contribution in [1.29, 1.82) is 0 Å². The molecule has 8 heteroatoms. The highest BCUT2D eigenvalue weighted by atomic mass is 32.2. The number of benzene rings is 2. The van der Waals surface area contributed by atoms with Crippen LogP contribution in [0.3, 0.4) is 0 Å². The lowest BCUT2D eigenvalue weighted by Gasteiger charge is -2.21. The van der Waals surface area contributed by atoms with Gasteiger partial charge >= 0.3 is 11.9 Å². The summed E-state index contributed by atoms with van der Waals surface area (Å²) in [7, 11) is 7.56. The Kier molecular flexibility index (Phi) is 10.1. The van der Waals surface area contributed by atoms with Gasteiger partial charge in [-0.3, -0.25) is 0 Å². The molecule has 2 aromatic rings. The summed E-state index contributed by atoms with van der Waals surface area (Å²) in [4.78, 5) is 22.9. The van der Waals surface area contributed by atoms with Crippen LogP contribution in [0.25, 0.3) is 0 Å². The number of methoxy groups -OCH3 is 2. The first-order chi connectivity index (χ1) is 13.7. The van der Waals surface area contributed by atoms with Gasteiger partial charge in [0.25, 0.3) is 0 Å². The summed E-state index contributed by atoms with van der Waals surface area (Å²) in [6, 6.07) is 15.1. The Morgan fingerprint density at radius 2 is 1.59 bits per heavy atom. The van der Waals surface area contributed by atoms with Crippen LogP contribution in [0.15, 0.2) is 52.3 Å². The van der Waals surface area contributed by atoms with Crippen LogP contribution in [-0.2, 0) is 16.0 Å². The zero-order valence-electron chi connectivity index (χ0n) is 17.2. The van der Waals surface area contributed by atoms with E-state index in [1.54, 1.807) is 26.0 Å². The van der Waals surface area contributed by atoms with Gasteiger partial charge in [-0.2, -0.15) is 0 Å². The van der Waals surface area contributed by atoms with Gasteiger partial charge in [0.1, 0.15) is 0 Å². The predicted octanol–water partition coefficient (Wildman–Crippen LogP) is 3.50. The van der Waals surface area contributed by atoms with Crippen LogP contribution < -0.4 is 9.47 Å². The number of likely N-dealkylation sites (N-methyl/N-ethyl adjacent to an activating group) is 1. The van der Waals surface area contributed by atoms with Crippen molar-refractivity contribution in [1.82, 2.24) is 4.90 Å². The molecule has 0 heterocycles. The minimum atomic E-state index is -1.82. The first kappa shape index (κ1) is 24.3. The zero-order valence-corrected chi connectivity index (χ0v) is 18.0. The van der Waals surface area contributed by atoms with Crippen molar-refractivity contribution in [3.63, 3.8) is 0 Å². The monoisotopic (exact) mass is 421 g/mol. The molecule has 2 rings (SSSR count). The summed E-state index contributed by atoms with van der Waals surface area (Å²) in [5.41, 5.74) is 1.37. The summed E-state index contributed by atoms with van der Waals surface area (Å²) >= 11 is 1.76. The third-order valence-electron chi connectivity index (χ3n) is 4.14. The van der Waals surface area contributed by atoms with Gasteiger partial charge < -0.3 is 24.6 Å². The zero-order chi connectivity index (χ0) is 22.0. The Balaban J connectivity index is 0.000000612. The van der Waals surface area contributed by atoms with Gasteiger partial charge in [0, 0.05) is 15.8 Å². The van der Waals surface area contributed by atoms with Crippen molar-refractivity contribution in [2.24, 2.45) is 0 Å². The molecule has 2 aromatic carbocycles. The summed E-state index contributed by atoms with van der Waals surface area (Å²) in [6.45, 7) is 2.25. The van der Waals surface area contributed by atoms with E-state index in [-0.39, 0.29) is 0 Å². The van der Waals surface area contributed by atoms with Crippen LogP contribution in [0, 0.1) is 0 Å². The number of carbonyl (C=O) groups is 2. The fourth-order valence-electron chi connectivity index (χ4n) is 2.28. The number of ether oxygens (including phenoxy) is 2. The molecule has 1 unspecified atom stereocenters. The minimum absolute atomic E-state index is 0.502. The highest BCUT2D eigenvalue weighted by molar-refractivity contribution is 7.99. The normalized spacial score (nSPS) is 11.2. The van der Waals surface area contributed by atoms with Gasteiger partial charge in [-0.25, -0.2) is 9.59 Å². The lowest BCUT2D eigenvalue weighted by molar-refractivity contribution is -0.159. The molecule has 0 saturated carbocycles. The van der Waals surface area contributed by atoms with E-state index < -0.39 is 11.9 Å². The first-order valence-electron chi connectivity index (χ1n) is 8.80. The molecule has 2 N–H and O–H groups in total. The Bertz CT molecular complexity index is 813. The molecule has 0 amide bonds. The number of carboxylic acids is 2. The lowest BCUT2D eigenvalue weighted by Crippen LogP contribution is -2.26. The fourth-order valence-corrected chi connectivity index (χ4v) is 3.26. The summed E-state index contributed by atoms with van der Waals surface area (Å²) in [6.07, 6.45) is 1.03. The van der Waals surface area contributed by atoms with E-state index in [4.69, 9.17) is 29.3 Å². The average Bonchev–Trinajstić information content (AvgIpc) is 2.69. The molecule has 29 heavy (non-hydrogen) atoms. The number of hydrogen-bond donors (Lipinski definition) is 2. The Morgan fingerprint density at radius 3 is 2.10 bits per heavy atom. The van der Waals surface area contributed by atoms with Crippen LogP contribution in [0.5, 0.6) is 11.5 Å². The Hall–Kier alpha value is -2.71.